The number of nitrogens with zero attached hydrogens (tertiary/aromatic N) is 1. The molecule has 0 aliphatic carbocycles. The van der Waals surface area contributed by atoms with Gasteiger partial charge in [0.2, 0.25) is 6.04 Å². The summed E-state index contributed by atoms with van der Waals surface area (Å²) in [4.78, 5) is 22.4. The van der Waals surface area contributed by atoms with Crippen LogP contribution in [0.4, 0.5) is 4.79 Å². The third-order valence-corrected chi connectivity index (χ3v) is 2.90. The highest BCUT2D eigenvalue weighted by atomic mass is 16.4. The van der Waals surface area contributed by atoms with Gasteiger partial charge in [-0.05, 0) is 26.8 Å². The third kappa shape index (κ3) is 1.52. The average molecular weight is 214 g/mol. The number of carbonyl (C=O) groups is 2. The molecule has 84 valence electrons. The zero-order chi connectivity index (χ0) is 11.9. The molecule has 5 nitrogen and oxygen atoms in total. The molecule has 0 saturated carbocycles. The predicted molar refractivity (Wildman–Crippen MR) is 53.2 cm³/mol. The lowest BCUT2D eigenvalue weighted by molar-refractivity contribution is -0.866. The van der Waals surface area contributed by atoms with Crippen LogP contribution in [-0.2, 0) is 4.79 Å². The molecule has 1 rings (SSSR count). The zero-order valence-corrected chi connectivity index (χ0v) is 9.10. The number of quaternary nitrogens is 1. The SMILES string of the molecule is CC(C)(C)[N+]1(C(=O)O)C=CCC1C(=O)O. The van der Waals surface area contributed by atoms with Crippen molar-refractivity contribution in [2.24, 2.45) is 0 Å². The molecular weight excluding hydrogens is 198 g/mol. The van der Waals surface area contributed by atoms with E-state index in [1.807, 2.05) is 0 Å². The molecule has 1 aliphatic heterocycles. The van der Waals surface area contributed by atoms with Crippen molar-refractivity contribution in [2.75, 3.05) is 0 Å². The highest BCUT2D eigenvalue weighted by Gasteiger charge is 2.57. The maximum Gasteiger partial charge on any atom is 0.519 e. The summed E-state index contributed by atoms with van der Waals surface area (Å²) in [5.74, 6) is -1.07. The molecule has 2 N–H and O–H groups in total. The quantitative estimate of drug-likeness (QED) is 0.651. The maximum atomic E-state index is 11.3. The van der Waals surface area contributed by atoms with E-state index in [1.54, 1.807) is 26.8 Å². The fourth-order valence-electron chi connectivity index (χ4n) is 2.08. The van der Waals surface area contributed by atoms with Gasteiger partial charge < -0.3 is 10.2 Å². The minimum absolute atomic E-state index is 0.263. The molecule has 5 heteroatoms. The van der Waals surface area contributed by atoms with E-state index in [-0.39, 0.29) is 6.42 Å². The third-order valence-electron chi connectivity index (χ3n) is 2.90. The van der Waals surface area contributed by atoms with E-state index in [4.69, 9.17) is 5.11 Å². The summed E-state index contributed by atoms with van der Waals surface area (Å²) in [6, 6.07) is -0.928. The van der Waals surface area contributed by atoms with Crippen molar-refractivity contribution in [1.29, 1.82) is 0 Å². The van der Waals surface area contributed by atoms with Crippen molar-refractivity contribution < 1.29 is 24.3 Å². The van der Waals surface area contributed by atoms with Gasteiger partial charge in [0, 0.05) is 6.42 Å². The standard InChI is InChI=1S/C10H15NO4/c1-10(2,3)11(9(14)15)6-4-5-7(11)8(12)13/h4,6-7H,5H2,1-3H3,(H-,12,13,14,15)/p+1. The molecule has 0 spiro atoms. The Kier molecular flexibility index (Phi) is 2.61. The molecule has 0 radical (unpaired) electrons. The highest BCUT2D eigenvalue weighted by molar-refractivity contribution is 5.76. The molecule has 1 aliphatic rings. The first-order valence-electron chi connectivity index (χ1n) is 4.76. The highest BCUT2D eigenvalue weighted by Crippen LogP contribution is 2.36. The number of aliphatic carboxylic acids is 1. The lowest BCUT2D eigenvalue weighted by Gasteiger charge is -2.41. The first-order chi connectivity index (χ1) is 6.73. The van der Waals surface area contributed by atoms with Crippen molar-refractivity contribution in [3.8, 4) is 0 Å². The van der Waals surface area contributed by atoms with Crippen LogP contribution in [-0.4, -0.2) is 38.3 Å². The van der Waals surface area contributed by atoms with E-state index < -0.39 is 28.1 Å². The van der Waals surface area contributed by atoms with Gasteiger partial charge in [-0.3, -0.25) is 0 Å². The molecule has 1 heterocycles. The first-order valence-corrected chi connectivity index (χ1v) is 4.76. The number of amides is 1. The minimum atomic E-state index is -1.12. The Morgan fingerprint density at radius 2 is 1.87 bits per heavy atom. The average Bonchev–Trinajstić information content (AvgIpc) is 2.45. The summed E-state index contributed by atoms with van der Waals surface area (Å²) in [6.07, 6.45) is 2.24. The molecule has 0 aromatic rings. The number of hydrogen-bond acceptors (Lipinski definition) is 2. The Hall–Kier alpha value is -1.36. The van der Waals surface area contributed by atoms with Crippen molar-refractivity contribution >= 4 is 12.1 Å². The summed E-state index contributed by atoms with van der Waals surface area (Å²) in [6.45, 7) is 5.19. The smallest absolute Gasteiger partial charge is 0.477 e. The topological polar surface area (TPSA) is 74.6 Å². The Morgan fingerprint density at radius 1 is 1.33 bits per heavy atom. The van der Waals surface area contributed by atoms with Crippen LogP contribution < -0.4 is 0 Å². The van der Waals surface area contributed by atoms with Crippen LogP contribution in [0.3, 0.4) is 0 Å². The van der Waals surface area contributed by atoms with Crippen LogP contribution in [0.1, 0.15) is 27.2 Å². The van der Waals surface area contributed by atoms with Gasteiger partial charge in [-0.1, -0.05) is 0 Å². The van der Waals surface area contributed by atoms with E-state index in [0.717, 1.165) is 0 Å². The van der Waals surface area contributed by atoms with Crippen molar-refractivity contribution in [1.82, 2.24) is 0 Å². The van der Waals surface area contributed by atoms with Crippen molar-refractivity contribution in [3.05, 3.63) is 12.3 Å². The van der Waals surface area contributed by atoms with Crippen LogP contribution >= 0.6 is 0 Å². The molecule has 0 aromatic carbocycles. The van der Waals surface area contributed by atoms with E-state index in [9.17, 15) is 14.7 Å². The van der Waals surface area contributed by atoms with Gasteiger partial charge in [-0.25, -0.2) is 4.79 Å². The van der Waals surface area contributed by atoms with Crippen LogP contribution in [0.25, 0.3) is 0 Å². The number of carboxylic acids is 1. The predicted octanol–water partition coefficient (Wildman–Crippen LogP) is 1.65. The van der Waals surface area contributed by atoms with Crippen LogP contribution in [0.15, 0.2) is 12.3 Å². The molecule has 1 amide bonds. The number of carboxylic acid groups (broad SMARTS) is 2. The lowest BCUT2D eigenvalue weighted by Crippen LogP contribution is -2.65. The largest absolute Gasteiger partial charge is 0.519 e. The molecule has 0 fully saturated rings. The number of hydrogen-bond donors (Lipinski definition) is 2. The van der Waals surface area contributed by atoms with Gasteiger partial charge in [-0.2, -0.15) is 9.28 Å². The summed E-state index contributed by atoms with van der Waals surface area (Å²) < 4.78 is -0.539. The van der Waals surface area contributed by atoms with Gasteiger partial charge in [-0.15, -0.1) is 0 Å². The molecule has 0 bridgehead atoms. The molecule has 2 atom stereocenters. The molecule has 0 aromatic heterocycles. The lowest BCUT2D eigenvalue weighted by atomic mass is 9.99. The molecular formula is C10H16NO4+. The van der Waals surface area contributed by atoms with Crippen LogP contribution in [0.2, 0.25) is 0 Å². The zero-order valence-electron chi connectivity index (χ0n) is 9.10. The fraction of sp³-hybridized carbons (Fsp3) is 0.600. The van der Waals surface area contributed by atoms with E-state index in [2.05, 4.69) is 0 Å². The monoisotopic (exact) mass is 214 g/mol. The Balaban J connectivity index is 3.28. The van der Waals surface area contributed by atoms with E-state index in [0.29, 0.717) is 0 Å². The van der Waals surface area contributed by atoms with Crippen molar-refractivity contribution in [2.45, 2.75) is 38.8 Å². The summed E-state index contributed by atoms with van der Waals surface area (Å²) in [7, 11) is 0. The van der Waals surface area contributed by atoms with Gasteiger partial charge in [0.1, 0.15) is 11.7 Å². The fourth-order valence-corrected chi connectivity index (χ4v) is 2.08. The Labute approximate surface area is 88.2 Å². The molecule has 0 saturated heterocycles. The first kappa shape index (κ1) is 11.7. The minimum Gasteiger partial charge on any atom is -0.477 e. The summed E-state index contributed by atoms with van der Waals surface area (Å²) >= 11 is 0. The normalized spacial score (nSPS) is 30.5. The number of rotatable bonds is 1. The van der Waals surface area contributed by atoms with Crippen molar-refractivity contribution in [3.63, 3.8) is 0 Å². The maximum absolute atomic E-state index is 11.3. The second-order valence-electron chi connectivity index (χ2n) is 4.71. The van der Waals surface area contributed by atoms with Gasteiger partial charge in [0.15, 0.2) is 0 Å². The van der Waals surface area contributed by atoms with E-state index >= 15 is 0 Å². The summed E-state index contributed by atoms with van der Waals surface area (Å²) in [5.41, 5.74) is -0.679. The molecule has 15 heavy (non-hydrogen) atoms. The molecule has 2 unspecified atom stereocenters. The second kappa shape index (κ2) is 3.34. The van der Waals surface area contributed by atoms with Gasteiger partial charge >= 0.3 is 12.1 Å². The van der Waals surface area contributed by atoms with Crippen LogP contribution in [0, 0.1) is 0 Å². The Morgan fingerprint density at radius 3 is 2.13 bits per heavy atom. The Bertz CT molecular complexity index is 329. The van der Waals surface area contributed by atoms with Gasteiger partial charge in [0.05, 0.1) is 0 Å². The second-order valence-corrected chi connectivity index (χ2v) is 4.71. The van der Waals surface area contributed by atoms with Gasteiger partial charge in [0.25, 0.3) is 0 Å². The van der Waals surface area contributed by atoms with Crippen LogP contribution in [0.5, 0.6) is 0 Å². The summed E-state index contributed by atoms with van der Waals surface area (Å²) in [5, 5.41) is 18.3. The van der Waals surface area contributed by atoms with E-state index in [1.165, 1.54) is 6.20 Å².